The van der Waals surface area contributed by atoms with Crippen LogP contribution in [0.4, 0.5) is 5.69 Å². The standard InChI is InChI=1S/C21H18ClNO4S/c1-28(25,26)20-4-2-3-18(13-20)23-21(24)16-7-5-15(6-8-16)14-27-19-11-9-17(22)10-12-19/h2-13H,14H2,1H3,(H,23,24). The summed E-state index contributed by atoms with van der Waals surface area (Å²) >= 11 is 5.84. The van der Waals surface area contributed by atoms with Gasteiger partial charge in [-0.1, -0.05) is 29.8 Å². The molecule has 0 heterocycles. The zero-order valence-electron chi connectivity index (χ0n) is 15.1. The van der Waals surface area contributed by atoms with Crippen LogP contribution in [0.15, 0.2) is 77.7 Å². The molecule has 1 amide bonds. The Morgan fingerprint density at radius 2 is 1.68 bits per heavy atom. The third-order valence-electron chi connectivity index (χ3n) is 3.96. The van der Waals surface area contributed by atoms with Crippen LogP contribution in [0.25, 0.3) is 0 Å². The number of nitrogens with one attached hydrogen (secondary N) is 1. The fourth-order valence-corrected chi connectivity index (χ4v) is 3.25. The molecule has 0 aliphatic rings. The van der Waals surface area contributed by atoms with Crippen LogP contribution >= 0.6 is 11.6 Å². The van der Waals surface area contributed by atoms with Gasteiger partial charge >= 0.3 is 0 Å². The van der Waals surface area contributed by atoms with Gasteiger partial charge in [0.25, 0.3) is 5.91 Å². The number of benzene rings is 3. The Hall–Kier alpha value is -2.83. The van der Waals surface area contributed by atoms with Gasteiger partial charge in [-0.15, -0.1) is 0 Å². The van der Waals surface area contributed by atoms with Crippen molar-refractivity contribution < 1.29 is 17.9 Å². The molecular weight excluding hydrogens is 398 g/mol. The second-order valence-electron chi connectivity index (χ2n) is 6.19. The average Bonchev–Trinajstić information content (AvgIpc) is 2.67. The summed E-state index contributed by atoms with van der Waals surface area (Å²) in [6, 6.07) is 20.2. The summed E-state index contributed by atoms with van der Waals surface area (Å²) in [6.07, 6.45) is 1.12. The van der Waals surface area contributed by atoms with Crippen molar-refractivity contribution in [3.05, 3.63) is 88.9 Å². The average molecular weight is 416 g/mol. The van der Waals surface area contributed by atoms with Gasteiger partial charge in [0.15, 0.2) is 9.84 Å². The SMILES string of the molecule is CS(=O)(=O)c1cccc(NC(=O)c2ccc(COc3ccc(Cl)cc3)cc2)c1. The number of carbonyl (C=O) groups is 1. The molecule has 0 saturated heterocycles. The fraction of sp³-hybridized carbons (Fsp3) is 0.0952. The van der Waals surface area contributed by atoms with Crippen LogP contribution < -0.4 is 10.1 Å². The van der Waals surface area contributed by atoms with Crippen LogP contribution in [0, 0.1) is 0 Å². The lowest BCUT2D eigenvalue weighted by atomic mass is 10.1. The molecule has 0 spiro atoms. The number of halogens is 1. The van der Waals surface area contributed by atoms with E-state index < -0.39 is 9.84 Å². The molecule has 0 saturated carbocycles. The van der Waals surface area contributed by atoms with Crippen LogP contribution in [0.2, 0.25) is 5.02 Å². The maximum atomic E-state index is 12.4. The van der Waals surface area contributed by atoms with Gasteiger partial charge in [0.05, 0.1) is 4.90 Å². The van der Waals surface area contributed by atoms with Crippen LogP contribution in [0.3, 0.4) is 0 Å². The van der Waals surface area contributed by atoms with Crippen molar-refractivity contribution in [1.29, 1.82) is 0 Å². The Bertz CT molecular complexity index is 1080. The number of sulfone groups is 1. The van der Waals surface area contributed by atoms with E-state index in [1.807, 2.05) is 0 Å². The normalized spacial score (nSPS) is 11.1. The first-order chi connectivity index (χ1) is 13.3. The van der Waals surface area contributed by atoms with Crippen molar-refractivity contribution in [2.75, 3.05) is 11.6 Å². The topological polar surface area (TPSA) is 72.5 Å². The number of rotatable bonds is 6. The smallest absolute Gasteiger partial charge is 0.255 e. The number of amides is 1. The van der Waals surface area contributed by atoms with Crippen LogP contribution in [0.1, 0.15) is 15.9 Å². The molecule has 7 heteroatoms. The molecule has 0 bridgehead atoms. The first-order valence-corrected chi connectivity index (χ1v) is 10.7. The van der Waals surface area contributed by atoms with E-state index >= 15 is 0 Å². The highest BCUT2D eigenvalue weighted by Crippen LogP contribution is 2.18. The number of hydrogen-bond donors (Lipinski definition) is 1. The number of ether oxygens (including phenoxy) is 1. The molecule has 0 aromatic heterocycles. The van der Waals surface area contributed by atoms with Gasteiger partial charge in [0.1, 0.15) is 12.4 Å². The first-order valence-electron chi connectivity index (χ1n) is 8.40. The Morgan fingerprint density at radius 3 is 2.32 bits per heavy atom. The molecular formula is C21H18ClNO4S. The minimum absolute atomic E-state index is 0.153. The summed E-state index contributed by atoms with van der Waals surface area (Å²) in [5.74, 6) is 0.382. The number of carbonyl (C=O) groups excluding carboxylic acids is 1. The van der Waals surface area contributed by atoms with E-state index in [0.29, 0.717) is 28.6 Å². The minimum Gasteiger partial charge on any atom is -0.489 e. The van der Waals surface area contributed by atoms with Gasteiger partial charge in [-0.3, -0.25) is 4.79 Å². The lowest BCUT2D eigenvalue weighted by Gasteiger charge is -2.09. The monoisotopic (exact) mass is 415 g/mol. The van der Waals surface area contributed by atoms with Gasteiger partial charge < -0.3 is 10.1 Å². The Morgan fingerprint density at radius 1 is 1.00 bits per heavy atom. The molecule has 0 atom stereocenters. The van der Waals surface area contributed by atoms with Gasteiger partial charge in [-0.2, -0.15) is 0 Å². The van der Waals surface area contributed by atoms with Crippen molar-refractivity contribution in [2.45, 2.75) is 11.5 Å². The van der Waals surface area contributed by atoms with E-state index in [0.717, 1.165) is 11.8 Å². The lowest BCUT2D eigenvalue weighted by molar-refractivity contribution is 0.102. The lowest BCUT2D eigenvalue weighted by Crippen LogP contribution is -2.12. The molecule has 0 unspecified atom stereocenters. The van der Waals surface area contributed by atoms with E-state index in [1.165, 1.54) is 12.1 Å². The highest BCUT2D eigenvalue weighted by molar-refractivity contribution is 7.90. The van der Waals surface area contributed by atoms with E-state index in [9.17, 15) is 13.2 Å². The van der Waals surface area contributed by atoms with Crippen molar-refractivity contribution in [1.82, 2.24) is 0 Å². The summed E-state index contributed by atoms with van der Waals surface area (Å²) in [5.41, 5.74) is 1.79. The highest BCUT2D eigenvalue weighted by Gasteiger charge is 2.10. The van der Waals surface area contributed by atoms with E-state index in [1.54, 1.807) is 60.7 Å². The zero-order chi connectivity index (χ0) is 20.1. The molecule has 5 nitrogen and oxygen atoms in total. The van der Waals surface area contributed by atoms with Crippen LogP contribution in [-0.2, 0) is 16.4 Å². The minimum atomic E-state index is -3.34. The molecule has 1 N–H and O–H groups in total. The van der Waals surface area contributed by atoms with Gasteiger partial charge in [0.2, 0.25) is 0 Å². The summed E-state index contributed by atoms with van der Waals surface area (Å²) < 4.78 is 28.9. The predicted octanol–water partition coefficient (Wildman–Crippen LogP) is 4.57. The highest BCUT2D eigenvalue weighted by atomic mass is 35.5. The van der Waals surface area contributed by atoms with E-state index in [2.05, 4.69) is 5.32 Å². The summed E-state index contributed by atoms with van der Waals surface area (Å²) in [4.78, 5) is 12.5. The van der Waals surface area contributed by atoms with Gasteiger partial charge in [-0.05, 0) is 60.2 Å². The maximum absolute atomic E-state index is 12.4. The second-order valence-corrected chi connectivity index (χ2v) is 8.65. The summed E-state index contributed by atoms with van der Waals surface area (Å²) in [6.45, 7) is 0.361. The van der Waals surface area contributed by atoms with Crippen molar-refractivity contribution in [2.24, 2.45) is 0 Å². The second kappa shape index (κ2) is 8.46. The van der Waals surface area contributed by atoms with Gasteiger partial charge in [-0.25, -0.2) is 8.42 Å². The molecule has 0 radical (unpaired) electrons. The third kappa shape index (κ3) is 5.34. The molecule has 3 rings (SSSR count). The largest absolute Gasteiger partial charge is 0.489 e. The molecule has 144 valence electrons. The molecule has 0 aliphatic carbocycles. The van der Waals surface area contributed by atoms with Crippen molar-refractivity contribution in [3.8, 4) is 5.75 Å². The number of hydrogen-bond acceptors (Lipinski definition) is 4. The van der Waals surface area contributed by atoms with Crippen LogP contribution in [0.5, 0.6) is 5.75 Å². The first kappa shape index (κ1) is 19.9. The number of anilines is 1. The molecule has 3 aromatic rings. The third-order valence-corrected chi connectivity index (χ3v) is 5.32. The maximum Gasteiger partial charge on any atom is 0.255 e. The van der Waals surface area contributed by atoms with Crippen molar-refractivity contribution in [3.63, 3.8) is 0 Å². The molecule has 3 aromatic carbocycles. The zero-order valence-corrected chi connectivity index (χ0v) is 16.6. The van der Waals surface area contributed by atoms with Crippen LogP contribution in [-0.4, -0.2) is 20.6 Å². The quantitative estimate of drug-likeness (QED) is 0.639. The summed E-state index contributed by atoms with van der Waals surface area (Å²) in [7, 11) is -3.34. The Kier molecular flexibility index (Phi) is 6.02. The Labute approximate surface area is 168 Å². The molecule has 28 heavy (non-hydrogen) atoms. The van der Waals surface area contributed by atoms with Crippen molar-refractivity contribution >= 4 is 33.0 Å². The fourth-order valence-electron chi connectivity index (χ4n) is 2.46. The molecule has 0 aliphatic heterocycles. The summed E-state index contributed by atoms with van der Waals surface area (Å²) in [5, 5.41) is 3.35. The predicted molar refractivity (Wildman–Crippen MR) is 110 cm³/mol. The molecule has 0 fully saturated rings. The van der Waals surface area contributed by atoms with E-state index in [4.69, 9.17) is 16.3 Å². The Balaban J connectivity index is 1.63. The van der Waals surface area contributed by atoms with Gasteiger partial charge in [0, 0.05) is 22.5 Å². The van der Waals surface area contributed by atoms with E-state index in [-0.39, 0.29) is 10.8 Å².